The first-order valence-corrected chi connectivity index (χ1v) is 8.18. The minimum absolute atomic E-state index is 0.0768. The van der Waals surface area contributed by atoms with Crippen LogP contribution in [0.3, 0.4) is 0 Å². The number of nitrogens with one attached hydrogen (secondary N) is 1. The van der Waals surface area contributed by atoms with E-state index in [0.29, 0.717) is 19.1 Å². The Hall–Kier alpha value is -1.10. The number of hydrogen-bond acceptors (Lipinski definition) is 4. The summed E-state index contributed by atoms with van der Waals surface area (Å²) in [7, 11) is 1.43. The number of nitrogens with zero attached hydrogens (tertiary/aromatic N) is 1. The van der Waals surface area contributed by atoms with Gasteiger partial charge in [0, 0.05) is 12.6 Å². The van der Waals surface area contributed by atoms with Crippen molar-refractivity contribution in [2.24, 2.45) is 11.8 Å². The number of carbonyl (C=O) groups excluding carboxylic acids is 2. The van der Waals surface area contributed by atoms with Crippen LogP contribution < -0.4 is 5.32 Å². The number of amides is 1. The highest BCUT2D eigenvalue weighted by Crippen LogP contribution is 2.23. The van der Waals surface area contributed by atoms with Crippen LogP contribution >= 0.6 is 0 Å². The van der Waals surface area contributed by atoms with Crippen LogP contribution in [0.5, 0.6) is 0 Å². The minimum Gasteiger partial charge on any atom is -0.469 e. The fourth-order valence-corrected chi connectivity index (χ4v) is 3.44. The highest BCUT2D eigenvalue weighted by molar-refractivity contribution is 5.78. The molecule has 21 heavy (non-hydrogen) atoms. The van der Waals surface area contributed by atoms with Crippen LogP contribution in [0.25, 0.3) is 0 Å². The Morgan fingerprint density at radius 1 is 1.19 bits per heavy atom. The summed E-state index contributed by atoms with van der Waals surface area (Å²) in [6.07, 6.45) is 6.42. The Labute approximate surface area is 127 Å². The van der Waals surface area contributed by atoms with Gasteiger partial charge in [0.05, 0.1) is 19.6 Å². The van der Waals surface area contributed by atoms with Gasteiger partial charge in [-0.25, -0.2) is 0 Å². The van der Waals surface area contributed by atoms with Crippen LogP contribution in [0, 0.1) is 11.8 Å². The molecule has 1 aliphatic heterocycles. The zero-order chi connectivity index (χ0) is 15.2. The lowest BCUT2D eigenvalue weighted by molar-refractivity contribution is -0.147. The molecule has 0 aromatic rings. The number of likely N-dealkylation sites (tertiary alicyclic amines) is 1. The number of ether oxygens (including phenoxy) is 1. The largest absolute Gasteiger partial charge is 0.469 e. The highest BCUT2D eigenvalue weighted by atomic mass is 16.5. The Morgan fingerprint density at radius 3 is 2.57 bits per heavy atom. The minimum atomic E-state index is -0.152. The van der Waals surface area contributed by atoms with Gasteiger partial charge in [0.1, 0.15) is 0 Å². The molecule has 0 radical (unpaired) electrons. The third-order valence-electron chi connectivity index (χ3n) is 4.79. The normalized spacial score (nSPS) is 30.7. The SMILES string of the molecule is COC(=O)C1CCCN(CC(=O)NC2CCC(C)CC2)C1. The van der Waals surface area contributed by atoms with Crippen molar-refractivity contribution in [3.8, 4) is 0 Å². The van der Waals surface area contributed by atoms with Crippen molar-refractivity contribution in [3.63, 3.8) is 0 Å². The molecule has 0 spiro atoms. The Bertz CT molecular complexity index is 365. The predicted octanol–water partition coefficient (Wildman–Crippen LogP) is 1.57. The monoisotopic (exact) mass is 296 g/mol. The number of rotatable bonds is 4. The second-order valence-corrected chi connectivity index (χ2v) is 6.62. The van der Waals surface area contributed by atoms with E-state index in [0.717, 1.165) is 38.1 Å². The van der Waals surface area contributed by atoms with Gasteiger partial charge in [0.15, 0.2) is 0 Å². The zero-order valence-electron chi connectivity index (χ0n) is 13.3. The first-order chi connectivity index (χ1) is 10.1. The molecule has 0 aromatic heterocycles. The fourth-order valence-electron chi connectivity index (χ4n) is 3.44. The van der Waals surface area contributed by atoms with E-state index in [2.05, 4.69) is 17.1 Å². The van der Waals surface area contributed by atoms with Gasteiger partial charge < -0.3 is 10.1 Å². The molecule has 1 heterocycles. The summed E-state index contributed by atoms with van der Waals surface area (Å²) in [6.45, 7) is 4.21. The maximum atomic E-state index is 12.1. The first-order valence-electron chi connectivity index (χ1n) is 8.18. The maximum absolute atomic E-state index is 12.1. The number of hydrogen-bond donors (Lipinski definition) is 1. The van der Waals surface area contributed by atoms with E-state index < -0.39 is 0 Å². The summed E-state index contributed by atoms with van der Waals surface area (Å²) in [5, 5.41) is 3.15. The molecule has 5 heteroatoms. The van der Waals surface area contributed by atoms with E-state index in [1.54, 1.807) is 0 Å². The summed E-state index contributed by atoms with van der Waals surface area (Å²) in [5.74, 6) is 0.662. The van der Waals surface area contributed by atoms with Gasteiger partial charge in [0.2, 0.25) is 5.91 Å². The molecule has 0 aromatic carbocycles. The molecule has 2 aliphatic rings. The third kappa shape index (κ3) is 4.99. The molecule has 5 nitrogen and oxygen atoms in total. The molecule has 1 aliphatic carbocycles. The van der Waals surface area contributed by atoms with Crippen molar-refractivity contribution >= 4 is 11.9 Å². The average molecular weight is 296 g/mol. The van der Waals surface area contributed by atoms with Gasteiger partial charge in [0.25, 0.3) is 0 Å². The molecular weight excluding hydrogens is 268 g/mol. The van der Waals surface area contributed by atoms with Crippen molar-refractivity contribution in [1.29, 1.82) is 0 Å². The van der Waals surface area contributed by atoms with Gasteiger partial charge >= 0.3 is 5.97 Å². The summed E-state index contributed by atoms with van der Waals surface area (Å²) < 4.78 is 4.81. The molecule has 1 atom stereocenters. The van der Waals surface area contributed by atoms with Crippen molar-refractivity contribution in [1.82, 2.24) is 10.2 Å². The Morgan fingerprint density at radius 2 is 1.90 bits per heavy atom. The highest BCUT2D eigenvalue weighted by Gasteiger charge is 2.28. The molecular formula is C16H28N2O3. The van der Waals surface area contributed by atoms with Gasteiger partial charge in [-0.05, 0) is 51.0 Å². The lowest BCUT2D eigenvalue weighted by Crippen LogP contribution is -2.47. The second-order valence-electron chi connectivity index (χ2n) is 6.62. The van der Waals surface area contributed by atoms with Gasteiger partial charge in [-0.2, -0.15) is 0 Å². The van der Waals surface area contributed by atoms with Crippen molar-refractivity contribution in [2.75, 3.05) is 26.7 Å². The summed E-state index contributed by atoms with van der Waals surface area (Å²) in [4.78, 5) is 25.8. The molecule has 0 bridgehead atoms. The van der Waals surface area contributed by atoms with E-state index in [1.807, 2.05) is 0 Å². The fraction of sp³-hybridized carbons (Fsp3) is 0.875. The Balaban J connectivity index is 1.73. The summed E-state index contributed by atoms with van der Waals surface area (Å²) in [5.41, 5.74) is 0. The average Bonchev–Trinajstić information content (AvgIpc) is 2.49. The molecule has 1 saturated carbocycles. The lowest BCUT2D eigenvalue weighted by atomic mass is 9.87. The van der Waals surface area contributed by atoms with Crippen LogP contribution in [-0.4, -0.2) is 49.6 Å². The predicted molar refractivity (Wildman–Crippen MR) is 80.7 cm³/mol. The van der Waals surface area contributed by atoms with E-state index in [4.69, 9.17) is 4.74 Å². The van der Waals surface area contributed by atoms with Crippen LogP contribution in [0.4, 0.5) is 0 Å². The van der Waals surface area contributed by atoms with Gasteiger partial charge in [-0.1, -0.05) is 6.92 Å². The molecule has 1 amide bonds. The smallest absolute Gasteiger partial charge is 0.309 e. The Kier molecular flexibility index (Phi) is 6.03. The van der Waals surface area contributed by atoms with E-state index in [-0.39, 0.29) is 17.8 Å². The van der Waals surface area contributed by atoms with Gasteiger partial charge in [-0.15, -0.1) is 0 Å². The molecule has 2 rings (SSSR count). The molecule has 2 fully saturated rings. The lowest BCUT2D eigenvalue weighted by Gasteiger charge is -2.32. The quantitative estimate of drug-likeness (QED) is 0.800. The molecule has 120 valence electrons. The number of carbonyl (C=O) groups is 2. The number of methoxy groups -OCH3 is 1. The van der Waals surface area contributed by atoms with Crippen LogP contribution in [0.2, 0.25) is 0 Å². The third-order valence-corrected chi connectivity index (χ3v) is 4.79. The van der Waals surface area contributed by atoms with Gasteiger partial charge in [-0.3, -0.25) is 14.5 Å². The van der Waals surface area contributed by atoms with Crippen molar-refractivity contribution in [3.05, 3.63) is 0 Å². The first kappa shape index (κ1) is 16.3. The summed E-state index contributed by atoms with van der Waals surface area (Å²) in [6, 6.07) is 0.342. The standard InChI is InChI=1S/C16H28N2O3/c1-12-5-7-14(8-6-12)17-15(19)11-18-9-3-4-13(10-18)16(20)21-2/h12-14H,3-11H2,1-2H3,(H,17,19). The zero-order valence-corrected chi connectivity index (χ0v) is 13.3. The van der Waals surface area contributed by atoms with Crippen LogP contribution in [0.1, 0.15) is 45.4 Å². The topological polar surface area (TPSA) is 58.6 Å². The molecule has 1 N–H and O–H groups in total. The maximum Gasteiger partial charge on any atom is 0.309 e. The molecule has 1 saturated heterocycles. The van der Waals surface area contributed by atoms with Crippen molar-refractivity contribution < 1.29 is 14.3 Å². The van der Waals surface area contributed by atoms with Crippen molar-refractivity contribution in [2.45, 2.75) is 51.5 Å². The van der Waals surface area contributed by atoms with Crippen LogP contribution in [-0.2, 0) is 14.3 Å². The molecule has 1 unspecified atom stereocenters. The summed E-state index contributed by atoms with van der Waals surface area (Å²) >= 11 is 0. The van der Waals surface area contributed by atoms with E-state index in [1.165, 1.54) is 20.0 Å². The number of esters is 1. The van der Waals surface area contributed by atoms with Crippen LogP contribution in [0.15, 0.2) is 0 Å². The second kappa shape index (κ2) is 7.78. The van der Waals surface area contributed by atoms with E-state index >= 15 is 0 Å². The van der Waals surface area contributed by atoms with E-state index in [9.17, 15) is 9.59 Å². The number of piperidine rings is 1.